The lowest BCUT2D eigenvalue weighted by Crippen LogP contribution is -2.43. The highest BCUT2D eigenvalue weighted by molar-refractivity contribution is 5.82. The van der Waals surface area contributed by atoms with E-state index in [1.807, 2.05) is 6.07 Å². The van der Waals surface area contributed by atoms with Crippen LogP contribution in [-0.4, -0.2) is 50.4 Å². The molecule has 1 fully saturated rings. The number of pyridine rings is 1. The fraction of sp³-hybridized carbons (Fsp3) is 0.353. The van der Waals surface area contributed by atoms with Crippen LogP contribution in [0.25, 0.3) is 10.9 Å². The number of aromatic nitrogens is 4. The number of nitrogens with zero attached hydrogens (tertiary/aromatic N) is 5. The van der Waals surface area contributed by atoms with Gasteiger partial charge in [-0.25, -0.2) is 9.37 Å². The van der Waals surface area contributed by atoms with Crippen molar-refractivity contribution in [1.29, 1.82) is 0 Å². The van der Waals surface area contributed by atoms with Crippen molar-refractivity contribution in [3.63, 3.8) is 0 Å². The molecule has 1 atom stereocenters. The minimum absolute atomic E-state index is 0.0696. The molecule has 1 saturated heterocycles. The molecule has 0 spiro atoms. The quantitative estimate of drug-likeness (QED) is 0.732. The van der Waals surface area contributed by atoms with E-state index in [0.29, 0.717) is 18.5 Å². The van der Waals surface area contributed by atoms with E-state index < -0.39 is 0 Å². The van der Waals surface area contributed by atoms with Crippen molar-refractivity contribution in [1.82, 2.24) is 24.6 Å². The highest BCUT2D eigenvalue weighted by atomic mass is 19.1. The van der Waals surface area contributed by atoms with Crippen molar-refractivity contribution in [3.05, 3.63) is 54.5 Å². The third-order valence-electron chi connectivity index (χ3n) is 4.27. The van der Waals surface area contributed by atoms with Crippen LogP contribution in [0.3, 0.4) is 0 Å². The highest BCUT2D eigenvalue weighted by Crippen LogP contribution is 2.22. The fourth-order valence-corrected chi connectivity index (χ4v) is 3.14. The maximum Gasteiger partial charge on any atom is 0.137 e. The number of rotatable bonds is 4. The van der Waals surface area contributed by atoms with Gasteiger partial charge in [0.1, 0.15) is 18.5 Å². The molecule has 3 aromatic rings. The lowest BCUT2D eigenvalue weighted by Gasteiger charge is -2.33. The zero-order valence-corrected chi connectivity index (χ0v) is 13.2. The first-order valence-corrected chi connectivity index (χ1v) is 7.98. The average Bonchev–Trinajstić information content (AvgIpc) is 3.11. The van der Waals surface area contributed by atoms with Crippen LogP contribution in [-0.2, 0) is 17.8 Å². The van der Waals surface area contributed by atoms with E-state index in [-0.39, 0.29) is 11.9 Å². The van der Waals surface area contributed by atoms with E-state index in [0.717, 1.165) is 30.7 Å². The molecule has 7 heteroatoms. The van der Waals surface area contributed by atoms with Crippen LogP contribution in [0.1, 0.15) is 5.56 Å². The van der Waals surface area contributed by atoms with E-state index >= 15 is 0 Å². The van der Waals surface area contributed by atoms with Gasteiger partial charge in [-0.1, -0.05) is 6.07 Å². The largest absolute Gasteiger partial charge is 0.374 e. The summed E-state index contributed by atoms with van der Waals surface area (Å²) in [5, 5.41) is 4.70. The van der Waals surface area contributed by atoms with Crippen LogP contribution in [0.4, 0.5) is 4.39 Å². The second-order valence-corrected chi connectivity index (χ2v) is 5.95. The van der Waals surface area contributed by atoms with E-state index in [1.165, 1.54) is 12.4 Å². The van der Waals surface area contributed by atoms with Crippen molar-refractivity contribution in [2.24, 2.45) is 0 Å². The summed E-state index contributed by atoms with van der Waals surface area (Å²) in [6, 6.07) is 6.88. The molecule has 6 nitrogen and oxygen atoms in total. The summed E-state index contributed by atoms with van der Waals surface area (Å²) >= 11 is 0. The van der Waals surface area contributed by atoms with Crippen LogP contribution < -0.4 is 0 Å². The van der Waals surface area contributed by atoms with Crippen LogP contribution in [0.15, 0.2) is 43.1 Å². The molecule has 2 aromatic heterocycles. The topological polar surface area (TPSA) is 56.1 Å². The third kappa shape index (κ3) is 3.13. The molecule has 0 saturated carbocycles. The first-order valence-electron chi connectivity index (χ1n) is 7.98. The van der Waals surface area contributed by atoms with Crippen molar-refractivity contribution in [2.75, 3.05) is 19.7 Å². The molecule has 1 aliphatic heterocycles. The number of hydrogen-bond acceptors (Lipinski definition) is 5. The number of halogens is 1. The molecule has 1 aromatic carbocycles. The summed E-state index contributed by atoms with van der Waals surface area (Å²) < 4.78 is 21.5. The fourth-order valence-electron chi connectivity index (χ4n) is 3.14. The zero-order valence-electron chi connectivity index (χ0n) is 13.2. The second kappa shape index (κ2) is 6.62. The molecule has 0 amide bonds. The Kier molecular flexibility index (Phi) is 4.18. The number of hydrogen-bond donors (Lipinski definition) is 0. The highest BCUT2D eigenvalue weighted by Gasteiger charge is 2.22. The summed E-state index contributed by atoms with van der Waals surface area (Å²) in [4.78, 5) is 10.6. The average molecular weight is 327 g/mol. The molecule has 0 aliphatic carbocycles. The Hall–Kier alpha value is -2.38. The number of ether oxygens (including phenoxy) is 1. The van der Waals surface area contributed by atoms with Gasteiger partial charge in [0, 0.05) is 31.2 Å². The lowest BCUT2D eigenvalue weighted by atomic mass is 10.1. The summed E-state index contributed by atoms with van der Waals surface area (Å²) in [7, 11) is 0. The Morgan fingerprint density at radius 3 is 3.12 bits per heavy atom. The standard InChI is InChI=1S/C17H18FN5O/c18-16-4-3-13(17-15(16)2-1-5-20-17)8-22-6-7-24-14(9-22)10-23-12-19-11-21-23/h1-5,11-12,14H,6-10H2/t14-/m1/s1. The minimum Gasteiger partial charge on any atom is -0.374 e. The molecule has 0 bridgehead atoms. The molecule has 0 unspecified atom stereocenters. The van der Waals surface area contributed by atoms with Gasteiger partial charge in [0.25, 0.3) is 0 Å². The van der Waals surface area contributed by atoms with Gasteiger partial charge in [-0.2, -0.15) is 5.10 Å². The van der Waals surface area contributed by atoms with Crippen LogP contribution in [0.2, 0.25) is 0 Å². The Morgan fingerprint density at radius 2 is 2.25 bits per heavy atom. The van der Waals surface area contributed by atoms with Crippen molar-refractivity contribution < 1.29 is 9.13 Å². The maximum atomic E-state index is 13.9. The van der Waals surface area contributed by atoms with Crippen LogP contribution in [0, 0.1) is 5.82 Å². The summed E-state index contributed by atoms with van der Waals surface area (Å²) in [6.07, 6.45) is 4.99. The number of fused-ring (bicyclic) bond motifs is 1. The van der Waals surface area contributed by atoms with Crippen molar-refractivity contribution in [3.8, 4) is 0 Å². The summed E-state index contributed by atoms with van der Waals surface area (Å²) in [5.74, 6) is -0.229. The third-order valence-corrected chi connectivity index (χ3v) is 4.27. The number of morpholine rings is 1. The maximum absolute atomic E-state index is 13.9. The van der Waals surface area contributed by atoms with E-state index in [9.17, 15) is 4.39 Å². The van der Waals surface area contributed by atoms with E-state index in [2.05, 4.69) is 20.0 Å². The second-order valence-electron chi connectivity index (χ2n) is 5.95. The van der Waals surface area contributed by atoms with Gasteiger partial charge < -0.3 is 4.74 Å². The van der Waals surface area contributed by atoms with Gasteiger partial charge >= 0.3 is 0 Å². The molecule has 124 valence electrons. The number of benzene rings is 1. The van der Waals surface area contributed by atoms with Gasteiger partial charge in [0.05, 0.1) is 24.8 Å². The molecular weight excluding hydrogens is 309 g/mol. The molecule has 4 rings (SSSR count). The molecule has 0 radical (unpaired) electrons. The summed E-state index contributed by atoms with van der Waals surface area (Å²) in [5.41, 5.74) is 1.77. The molecule has 1 aliphatic rings. The first-order chi connectivity index (χ1) is 11.8. The summed E-state index contributed by atoms with van der Waals surface area (Å²) in [6.45, 7) is 3.72. The first kappa shape index (κ1) is 15.2. The Labute approximate surface area is 138 Å². The zero-order chi connectivity index (χ0) is 16.4. The Morgan fingerprint density at radius 1 is 1.29 bits per heavy atom. The van der Waals surface area contributed by atoms with Gasteiger partial charge in [-0.05, 0) is 23.8 Å². The van der Waals surface area contributed by atoms with E-state index in [1.54, 1.807) is 29.3 Å². The van der Waals surface area contributed by atoms with Gasteiger partial charge in [-0.15, -0.1) is 0 Å². The van der Waals surface area contributed by atoms with Crippen molar-refractivity contribution in [2.45, 2.75) is 19.2 Å². The predicted octanol–water partition coefficient (Wildman–Crippen LogP) is 1.87. The Balaban J connectivity index is 1.50. The lowest BCUT2D eigenvalue weighted by molar-refractivity contribution is -0.0401. The van der Waals surface area contributed by atoms with Gasteiger partial charge in [-0.3, -0.25) is 14.6 Å². The minimum atomic E-state index is -0.229. The Bertz CT molecular complexity index is 823. The van der Waals surface area contributed by atoms with Crippen LogP contribution >= 0.6 is 0 Å². The molecule has 0 N–H and O–H groups in total. The molecule has 3 heterocycles. The smallest absolute Gasteiger partial charge is 0.137 e. The molecular formula is C17H18FN5O. The van der Waals surface area contributed by atoms with Gasteiger partial charge in [0.2, 0.25) is 0 Å². The normalized spacial score (nSPS) is 19.0. The van der Waals surface area contributed by atoms with E-state index in [4.69, 9.17) is 4.74 Å². The van der Waals surface area contributed by atoms with Crippen molar-refractivity contribution >= 4 is 10.9 Å². The predicted molar refractivity (Wildman–Crippen MR) is 86.7 cm³/mol. The molecule has 24 heavy (non-hydrogen) atoms. The van der Waals surface area contributed by atoms with Crippen LogP contribution in [0.5, 0.6) is 0 Å². The SMILES string of the molecule is Fc1ccc(CN2CCO[C@@H](Cn3cncn3)C2)c2ncccc12. The monoisotopic (exact) mass is 327 g/mol. The van der Waals surface area contributed by atoms with Gasteiger partial charge in [0.15, 0.2) is 0 Å².